The first kappa shape index (κ1) is 17.3. The zero-order chi connectivity index (χ0) is 16.8. The second kappa shape index (κ2) is 7.99. The molecule has 0 aromatic heterocycles. The lowest BCUT2D eigenvalue weighted by molar-refractivity contribution is -0.126. The Kier molecular flexibility index (Phi) is 6.02. The van der Waals surface area contributed by atoms with Gasteiger partial charge in [-0.25, -0.2) is 0 Å². The van der Waals surface area contributed by atoms with Crippen LogP contribution in [0.1, 0.15) is 17.5 Å². The second-order valence-electron chi connectivity index (χ2n) is 5.04. The van der Waals surface area contributed by atoms with Gasteiger partial charge in [-0.05, 0) is 42.3 Å². The molecule has 0 fully saturated rings. The van der Waals surface area contributed by atoms with Crippen LogP contribution in [0.25, 0.3) is 0 Å². The Bertz CT molecular complexity index is 715. The Morgan fingerprint density at radius 3 is 2.39 bits per heavy atom. The zero-order valence-corrected chi connectivity index (χ0v) is 14.0. The van der Waals surface area contributed by atoms with E-state index in [9.17, 15) is 9.59 Å². The largest absolute Gasteiger partial charge is 0.352 e. The number of carbonyl (C=O) groups excluding carboxylic acids is 2. The van der Waals surface area contributed by atoms with E-state index in [1.165, 1.54) is 0 Å². The van der Waals surface area contributed by atoms with E-state index in [0.29, 0.717) is 22.3 Å². The van der Waals surface area contributed by atoms with Crippen LogP contribution in [0, 0.1) is 6.92 Å². The molecule has 0 heterocycles. The van der Waals surface area contributed by atoms with Crippen molar-refractivity contribution in [3.63, 3.8) is 0 Å². The summed E-state index contributed by atoms with van der Waals surface area (Å²) in [5.41, 5.74) is 2.28. The molecule has 2 aromatic carbocycles. The fourth-order valence-corrected chi connectivity index (χ4v) is 2.25. The van der Waals surface area contributed by atoms with Crippen LogP contribution in [0.3, 0.4) is 0 Å². The molecule has 0 atom stereocenters. The number of halogens is 2. The SMILES string of the molecule is Cc1c(Cl)cccc1NC(=O)CC(=O)NCc1ccc(Cl)cc1. The molecular formula is C17H16Cl2N2O2. The molecule has 2 rings (SSSR count). The monoisotopic (exact) mass is 350 g/mol. The molecule has 0 aliphatic rings. The summed E-state index contributed by atoms with van der Waals surface area (Å²) in [5.74, 6) is -0.735. The third-order valence-electron chi connectivity index (χ3n) is 3.27. The molecule has 2 aromatic rings. The average Bonchev–Trinajstić information content (AvgIpc) is 2.51. The highest BCUT2D eigenvalue weighted by Gasteiger charge is 2.11. The van der Waals surface area contributed by atoms with Gasteiger partial charge in [0, 0.05) is 22.3 Å². The van der Waals surface area contributed by atoms with Crippen molar-refractivity contribution in [3.05, 3.63) is 63.6 Å². The number of benzene rings is 2. The molecule has 2 amide bonds. The molecule has 120 valence electrons. The van der Waals surface area contributed by atoms with Gasteiger partial charge in [-0.1, -0.05) is 41.4 Å². The molecule has 6 heteroatoms. The summed E-state index contributed by atoms with van der Waals surface area (Å²) in [4.78, 5) is 23.7. The first-order valence-corrected chi connectivity index (χ1v) is 7.77. The minimum Gasteiger partial charge on any atom is -0.352 e. The van der Waals surface area contributed by atoms with Crippen LogP contribution < -0.4 is 10.6 Å². The van der Waals surface area contributed by atoms with Crippen LogP contribution in [0.5, 0.6) is 0 Å². The van der Waals surface area contributed by atoms with E-state index in [1.807, 2.05) is 12.1 Å². The maximum atomic E-state index is 11.9. The van der Waals surface area contributed by atoms with Gasteiger partial charge in [0.25, 0.3) is 0 Å². The smallest absolute Gasteiger partial charge is 0.233 e. The van der Waals surface area contributed by atoms with E-state index in [4.69, 9.17) is 23.2 Å². The summed E-state index contributed by atoms with van der Waals surface area (Å²) in [6, 6.07) is 12.4. The second-order valence-corrected chi connectivity index (χ2v) is 5.88. The fraction of sp³-hybridized carbons (Fsp3) is 0.176. The summed E-state index contributed by atoms with van der Waals surface area (Å²) >= 11 is 11.8. The van der Waals surface area contributed by atoms with Crippen molar-refractivity contribution in [3.8, 4) is 0 Å². The summed E-state index contributed by atoms with van der Waals surface area (Å²) in [7, 11) is 0. The Labute approximate surface area is 144 Å². The van der Waals surface area contributed by atoms with Gasteiger partial charge in [0.1, 0.15) is 6.42 Å². The Morgan fingerprint density at radius 2 is 1.70 bits per heavy atom. The zero-order valence-electron chi connectivity index (χ0n) is 12.5. The summed E-state index contributed by atoms with van der Waals surface area (Å²) in [6.45, 7) is 2.15. The highest BCUT2D eigenvalue weighted by Crippen LogP contribution is 2.22. The number of amides is 2. The third-order valence-corrected chi connectivity index (χ3v) is 3.93. The normalized spacial score (nSPS) is 10.2. The summed E-state index contributed by atoms with van der Waals surface area (Å²) in [6.07, 6.45) is -0.250. The highest BCUT2D eigenvalue weighted by molar-refractivity contribution is 6.31. The Morgan fingerprint density at radius 1 is 1.00 bits per heavy atom. The Hall–Kier alpha value is -2.04. The van der Waals surface area contributed by atoms with Crippen molar-refractivity contribution < 1.29 is 9.59 Å². The van der Waals surface area contributed by atoms with Gasteiger partial charge in [0.2, 0.25) is 11.8 Å². The number of hydrogen-bond donors (Lipinski definition) is 2. The van der Waals surface area contributed by atoms with Crippen LogP contribution in [-0.4, -0.2) is 11.8 Å². The van der Waals surface area contributed by atoms with Crippen LogP contribution >= 0.6 is 23.2 Å². The van der Waals surface area contributed by atoms with Gasteiger partial charge in [-0.3, -0.25) is 9.59 Å². The first-order chi connectivity index (χ1) is 11.0. The fourth-order valence-electron chi connectivity index (χ4n) is 1.95. The number of rotatable bonds is 5. The topological polar surface area (TPSA) is 58.2 Å². The maximum absolute atomic E-state index is 11.9. The lowest BCUT2D eigenvalue weighted by atomic mass is 10.2. The van der Waals surface area contributed by atoms with Gasteiger partial charge in [0.05, 0.1) is 0 Å². The first-order valence-electron chi connectivity index (χ1n) is 7.02. The van der Waals surface area contributed by atoms with E-state index >= 15 is 0 Å². The molecule has 0 saturated heterocycles. The number of nitrogens with one attached hydrogen (secondary N) is 2. The molecule has 0 saturated carbocycles. The minimum absolute atomic E-state index is 0.250. The average molecular weight is 351 g/mol. The third kappa shape index (κ3) is 5.27. The van der Waals surface area contributed by atoms with Crippen LogP contribution in [0.4, 0.5) is 5.69 Å². The van der Waals surface area contributed by atoms with Gasteiger partial charge in [-0.15, -0.1) is 0 Å². The molecule has 2 N–H and O–H groups in total. The number of carbonyl (C=O) groups is 2. The van der Waals surface area contributed by atoms with E-state index < -0.39 is 0 Å². The molecule has 0 spiro atoms. The van der Waals surface area contributed by atoms with Gasteiger partial charge in [0.15, 0.2) is 0 Å². The van der Waals surface area contributed by atoms with Crippen molar-refractivity contribution >= 4 is 40.7 Å². The van der Waals surface area contributed by atoms with Gasteiger partial charge < -0.3 is 10.6 Å². The van der Waals surface area contributed by atoms with Crippen molar-refractivity contribution in [2.45, 2.75) is 19.9 Å². The summed E-state index contributed by atoms with van der Waals surface area (Å²) in [5, 5.41) is 6.58. The minimum atomic E-state index is -0.385. The predicted molar refractivity (Wildman–Crippen MR) is 92.7 cm³/mol. The van der Waals surface area contributed by atoms with Crippen molar-refractivity contribution in [1.29, 1.82) is 0 Å². The Balaban J connectivity index is 1.84. The van der Waals surface area contributed by atoms with Gasteiger partial charge in [-0.2, -0.15) is 0 Å². The summed E-state index contributed by atoms with van der Waals surface area (Å²) < 4.78 is 0. The predicted octanol–water partition coefficient (Wildman–Crippen LogP) is 3.95. The molecule has 0 unspecified atom stereocenters. The van der Waals surface area contributed by atoms with Gasteiger partial charge >= 0.3 is 0 Å². The molecule has 0 radical (unpaired) electrons. The highest BCUT2D eigenvalue weighted by atomic mass is 35.5. The number of hydrogen-bond acceptors (Lipinski definition) is 2. The van der Waals surface area contributed by atoms with Crippen molar-refractivity contribution in [2.24, 2.45) is 0 Å². The standard InChI is InChI=1S/C17H16Cl2N2O2/c1-11-14(19)3-2-4-15(11)21-17(23)9-16(22)20-10-12-5-7-13(18)8-6-12/h2-8H,9-10H2,1H3,(H,20,22)(H,21,23). The van der Waals surface area contributed by atoms with Crippen molar-refractivity contribution in [2.75, 3.05) is 5.32 Å². The van der Waals surface area contributed by atoms with Crippen LogP contribution in [0.15, 0.2) is 42.5 Å². The van der Waals surface area contributed by atoms with Crippen molar-refractivity contribution in [1.82, 2.24) is 5.32 Å². The van der Waals surface area contributed by atoms with Crippen LogP contribution in [-0.2, 0) is 16.1 Å². The molecule has 0 bridgehead atoms. The van der Waals surface area contributed by atoms with E-state index in [1.54, 1.807) is 37.3 Å². The van der Waals surface area contributed by atoms with E-state index in [0.717, 1.165) is 11.1 Å². The molecule has 0 aliphatic heterocycles. The molecular weight excluding hydrogens is 335 g/mol. The lowest BCUT2D eigenvalue weighted by Crippen LogP contribution is -2.27. The molecule has 4 nitrogen and oxygen atoms in total. The van der Waals surface area contributed by atoms with E-state index in [2.05, 4.69) is 10.6 Å². The van der Waals surface area contributed by atoms with E-state index in [-0.39, 0.29) is 18.2 Å². The molecule has 23 heavy (non-hydrogen) atoms. The van der Waals surface area contributed by atoms with Crippen LogP contribution in [0.2, 0.25) is 10.0 Å². The quantitative estimate of drug-likeness (QED) is 0.802. The lowest BCUT2D eigenvalue weighted by Gasteiger charge is -2.10. The molecule has 0 aliphatic carbocycles. The number of anilines is 1. The maximum Gasteiger partial charge on any atom is 0.233 e.